The monoisotopic (exact) mass is 625 g/mol. The minimum atomic E-state index is -5.10. The molecule has 2 aliphatic heterocycles. The summed E-state index contributed by atoms with van der Waals surface area (Å²) in [7, 11) is -0.341. The molecule has 4 rings (SSSR count). The predicted octanol–water partition coefficient (Wildman–Crippen LogP) is 6.51. The van der Waals surface area contributed by atoms with Gasteiger partial charge in [-0.3, -0.25) is 18.8 Å². The van der Waals surface area contributed by atoms with E-state index >= 15 is 0 Å². The lowest BCUT2D eigenvalue weighted by Crippen LogP contribution is -2.48. The molecule has 42 heavy (non-hydrogen) atoms. The number of anilines is 1. The third-order valence-electron chi connectivity index (χ3n) is 7.88. The van der Waals surface area contributed by atoms with Crippen LogP contribution in [0.2, 0.25) is 0 Å². The molecule has 2 aliphatic rings. The summed E-state index contributed by atoms with van der Waals surface area (Å²) < 4.78 is 114. The quantitative estimate of drug-likeness (QED) is 0.380. The first-order valence-corrected chi connectivity index (χ1v) is 14.8. The van der Waals surface area contributed by atoms with Gasteiger partial charge in [0.25, 0.3) is 0 Å². The molecule has 2 N–H and O–H groups in total. The highest BCUT2D eigenvalue weighted by molar-refractivity contribution is 8.24. The summed E-state index contributed by atoms with van der Waals surface area (Å²) in [5, 5.41) is 0. The number of likely N-dealkylation sites (tertiary alicyclic amines) is 1. The van der Waals surface area contributed by atoms with Gasteiger partial charge in [0, 0.05) is 56.2 Å². The largest absolute Gasteiger partial charge is 0.416 e. The normalized spacial score (nSPS) is 22.1. The van der Waals surface area contributed by atoms with Gasteiger partial charge in [-0.15, -0.1) is 0 Å². The van der Waals surface area contributed by atoms with Crippen LogP contribution in [-0.2, 0) is 17.1 Å². The molecule has 2 fully saturated rings. The van der Waals surface area contributed by atoms with Crippen molar-refractivity contribution >= 4 is 28.2 Å². The highest BCUT2D eigenvalue weighted by atomic mass is 32.3. The van der Waals surface area contributed by atoms with Crippen LogP contribution >= 0.6 is 10.6 Å². The Kier molecular flexibility index (Phi) is 8.78. The Morgan fingerprint density at radius 3 is 1.90 bits per heavy atom. The Labute approximate surface area is 239 Å². The fraction of sp³-hybridized carbons (Fsp3) is 0.481. The van der Waals surface area contributed by atoms with Crippen LogP contribution in [0.1, 0.15) is 35.4 Å². The third-order valence-corrected chi connectivity index (χ3v) is 9.66. The number of urea groups is 1. The van der Waals surface area contributed by atoms with Crippen LogP contribution in [0.25, 0.3) is 0 Å². The van der Waals surface area contributed by atoms with Crippen molar-refractivity contribution in [3.63, 3.8) is 0 Å². The van der Waals surface area contributed by atoms with Crippen LogP contribution in [0.3, 0.4) is 0 Å². The second-order valence-corrected chi connectivity index (χ2v) is 13.1. The van der Waals surface area contributed by atoms with Gasteiger partial charge in [0.2, 0.25) is 5.91 Å². The zero-order valence-electron chi connectivity index (χ0n) is 22.6. The molecule has 0 spiro atoms. The maximum Gasteiger partial charge on any atom is 0.416 e. The van der Waals surface area contributed by atoms with Gasteiger partial charge in [-0.25, -0.2) is 9.18 Å². The van der Waals surface area contributed by atoms with Crippen molar-refractivity contribution < 1.29 is 49.4 Å². The average molecular weight is 626 g/mol. The first-order chi connectivity index (χ1) is 19.4. The number of halogens is 7. The summed E-state index contributed by atoms with van der Waals surface area (Å²) in [6, 6.07) is 4.60. The van der Waals surface area contributed by atoms with Crippen LogP contribution in [0.15, 0.2) is 42.5 Å². The van der Waals surface area contributed by atoms with Crippen LogP contribution in [0.4, 0.5) is 41.2 Å². The summed E-state index contributed by atoms with van der Waals surface area (Å²) in [6.45, 7) is 0.116. The molecule has 2 atom stereocenters. The first kappa shape index (κ1) is 31.9. The van der Waals surface area contributed by atoms with Crippen molar-refractivity contribution in [2.24, 2.45) is 5.92 Å². The Balaban J connectivity index is 1.62. The molecule has 0 saturated carbocycles. The molecule has 2 heterocycles. The molecule has 0 aromatic heterocycles. The van der Waals surface area contributed by atoms with Crippen molar-refractivity contribution in [1.29, 1.82) is 0 Å². The number of carbonyl (C=O) groups excluding carboxylic acids is 2. The minimum absolute atomic E-state index is 0.0000976. The van der Waals surface area contributed by atoms with E-state index in [1.165, 1.54) is 36.2 Å². The molecule has 15 heteroatoms. The van der Waals surface area contributed by atoms with Crippen molar-refractivity contribution in [2.45, 2.75) is 37.2 Å². The van der Waals surface area contributed by atoms with Gasteiger partial charge in [0.05, 0.1) is 17.2 Å². The number of hydrogen-bond donors (Lipinski definition) is 2. The second-order valence-electron chi connectivity index (χ2n) is 10.7. The number of rotatable bonds is 4. The zero-order valence-corrected chi connectivity index (χ0v) is 23.4. The number of amides is 3. The first-order valence-electron chi connectivity index (χ1n) is 13.0. The molecule has 7 nitrogen and oxygen atoms in total. The molecule has 2 aromatic rings. The molecule has 0 unspecified atom stereocenters. The Morgan fingerprint density at radius 2 is 1.40 bits per heavy atom. The summed E-state index contributed by atoms with van der Waals surface area (Å²) in [4.78, 5) is 30.2. The van der Waals surface area contributed by atoms with E-state index in [1.807, 2.05) is 0 Å². The highest BCUT2D eigenvalue weighted by Gasteiger charge is 2.43. The van der Waals surface area contributed by atoms with E-state index in [0.29, 0.717) is 22.6 Å². The van der Waals surface area contributed by atoms with Gasteiger partial charge in [-0.2, -0.15) is 36.9 Å². The molecule has 3 amide bonds. The summed E-state index contributed by atoms with van der Waals surface area (Å²) in [5.74, 6) is -1.64. The van der Waals surface area contributed by atoms with E-state index < -0.39 is 69.5 Å². The van der Waals surface area contributed by atoms with E-state index in [1.54, 1.807) is 0 Å². The van der Waals surface area contributed by atoms with Gasteiger partial charge in [0.1, 0.15) is 5.82 Å². The lowest BCUT2D eigenvalue weighted by molar-refractivity contribution is -0.143. The fourth-order valence-electron chi connectivity index (χ4n) is 5.43. The molecule has 2 saturated heterocycles. The van der Waals surface area contributed by atoms with E-state index in [-0.39, 0.29) is 49.4 Å². The van der Waals surface area contributed by atoms with E-state index in [0.717, 1.165) is 11.9 Å². The Hall–Kier alpha value is -3.04. The number of likely N-dealkylation sites (N-methyl/N-ethyl adjacent to an activating group) is 1. The van der Waals surface area contributed by atoms with E-state index in [2.05, 4.69) is 0 Å². The van der Waals surface area contributed by atoms with Gasteiger partial charge < -0.3 is 9.80 Å². The van der Waals surface area contributed by atoms with Crippen LogP contribution in [0, 0.1) is 11.7 Å². The van der Waals surface area contributed by atoms with Crippen LogP contribution in [-0.4, -0.2) is 75.6 Å². The Bertz CT molecular complexity index is 1280. The molecule has 0 aliphatic carbocycles. The van der Waals surface area contributed by atoms with Gasteiger partial charge >= 0.3 is 18.4 Å². The van der Waals surface area contributed by atoms with E-state index in [4.69, 9.17) is 0 Å². The van der Waals surface area contributed by atoms with Gasteiger partial charge in [-0.1, -0.05) is 12.1 Å². The summed E-state index contributed by atoms with van der Waals surface area (Å²) in [5.41, 5.74) is -3.18. The average Bonchev–Trinajstić information content (AvgIpc) is 3.36. The van der Waals surface area contributed by atoms with E-state index in [9.17, 15) is 49.4 Å². The lowest BCUT2D eigenvalue weighted by Gasteiger charge is -2.39. The van der Waals surface area contributed by atoms with Crippen molar-refractivity contribution in [1.82, 2.24) is 9.80 Å². The number of alkyl halides is 6. The predicted molar refractivity (Wildman–Crippen MR) is 143 cm³/mol. The molecule has 232 valence electrons. The smallest absolute Gasteiger partial charge is 0.340 e. The molecule has 0 bridgehead atoms. The van der Waals surface area contributed by atoms with Crippen LogP contribution < -0.4 is 4.90 Å². The Morgan fingerprint density at radius 1 is 0.881 bits per heavy atom. The second kappa shape index (κ2) is 11.6. The fourth-order valence-corrected chi connectivity index (χ4v) is 6.96. The number of hydrogen-bond acceptors (Lipinski definition) is 4. The lowest BCUT2D eigenvalue weighted by atomic mass is 9.93. The number of carbonyl (C=O) groups is 2. The van der Waals surface area contributed by atoms with Gasteiger partial charge in [-0.05, 0) is 48.7 Å². The standard InChI is InChI=1S/C27H30F7N3O4S/c1-35(21-12-18(26(29,30)31)11-19(13-21)27(32,33)34)25(39)36(2)23-15-37(14-22(23)16-3-5-20(28)6-4-16)24(38)17-7-9-42(40,41)10-8-17/h3-6,11-13,17,22-23,40-41H,7-10,14-15H2,1-2H3/t22-,23+/m0/s1. The molecular weight excluding hydrogens is 595 g/mol. The van der Waals surface area contributed by atoms with Crippen molar-refractivity contribution in [3.05, 3.63) is 65.0 Å². The molecule has 0 radical (unpaired) electrons. The number of nitrogens with zero attached hydrogens (tertiary/aromatic N) is 3. The van der Waals surface area contributed by atoms with Crippen molar-refractivity contribution in [2.75, 3.05) is 43.6 Å². The maximum atomic E-state index is 13.7. The molecular formula is C27H30F7N3O4S. The molecule has 2 aromatic carbocycles. The topological polar surface area (TPSA) is 84.3 Å². The van der Waals surface area contributed by atoms with Crippen molar-refractivity contribution in [3.8, 4) is 0 Å². The summed E-state index contributed by atoms with van der Waals surface area (Å²) in [6.07, 6.45) is -9.67. The third kappa shape index (κ3) is 6.94. The van der Waals surface area contributed by atoms with Gasteiger partial charge in [0.15, 0.2) is 0 Å². The number of benzene rings is 2. The maximum absolute atomic E-state index is 13.7. The van der Waals surface area contributed by atoms with Crippen LogP contribution in [0.5, 0.6) is 0 Å². The SMILES string of the molecule is CN(C(=O)N(C)[C@@H]1CN(C(=O)C2CCS(O)(O)CC2)C[C@H]1c1ccc(F)cc1)c1cc(C(F)(F)F)cc(C(F)(F)F)c1. The summed E-state index contributed by atoms with van der Waals surface area (Å²) >= 11 is 0. The zero-order chi connectivity index (χ0) is 31.2. The minimum Gasteiger partial charge on any atom is -0.340 e. The highest BCUT2D eigenvalue weighted by Crippen LogP contribution is 2.46.